The first-order chi connectivity index (χ1) is 13.2. The van der Waals surface area contributed by atoms with Gasteiger partial charge in [0, 0.05) is 57.0 Å². The number of piperazine rings is 1. The maximum atomic E-state index is 13.3. The van der Waals surface area contributed by atoms with Gasteiger partial charge in [0.25, 0.3) is 0 Å². The van der Waals surface area contributed by atoms with Gasteiger partial charge in [-0.1, -0.05) is 0 Å². The van der Waals surface area contributed by atoms with Crippen LogP contribution in [-0.4, -0.2) is 65.0 Å². The second kappa shape index (κ2) is 7.75. The molecule has 0 saturated carbocycles. The molecule has 1 aliphatic rings. The van der Waals surface area contributed by atoms with Gasteiger partial charge in [-0.15, -0.1) is 11.3 Å². The van der Waals surface area contributed by atoms with E-state index in [1.54, 1.807) is 23.5 Å². The van der Waals surface area contributed by atoms with Crippen LogP contribution in [-0.2, 0) is 16.1 Å². The maximum absolute atomic E-state index is 13.3. The Kier molecular flexibility index (Phi) is 5.20. The normalized spacial score (nSPS) is 15.6. The number of aromatic nitrogens is 2. The molecule has 0 N–H and O–H groups in total. The van der Waals surface area contributed by atoms with Crippen molar-refractivity contribution in [1.82, 2.24) is 19.2 Å². The molecule has 0 aliphatic carbocycles. The molecule has 1 fully saturated rings. The Labute approximate surface area is 160 Å². The van der Waals surface area contributed by atoms with E-state index in [-0.39, 0.29) is 18.3 Å². The quantitative estimate of drug-likeness (QED) is 0.674. The van der Waals surface area contributed by atoms with Gasteiger partial charge in [-0.3, -0.25) is 14.1 Å². The molecule has 0 unspecified atom stereocenters. The number of amides is 1. The largest absolute Gasteiger partial charge is 0.375 e. The van der Waals surface area contributed by atoms with Crippen LogP contribution in [0.1, 0.15) is 5.69 Å². The first-order valence-corrected chi connectivity index (χ1v) is 9.73. The number of hydrogen-bond donors (Lipinski definition) is 0. The molecule has 4 rings (SSSR count). The van der Waals surface area contributed by atoms with Gasteiger partial charge in [0.2, 0.25) is 5.91 Å². The minimum atomic E-state index is -0.252. The van der Waals surface area contributed by atoms with Crippen LogP contribution in [0.5, 0.6) is 0 Å². The summed E-state index contributed by atoms with van der Waals surface area (Å²) in [4.78, 5) is 21.8. The topological polar surface area (TPSA) is 50.1 Å². The van der Waals surface area contributed by atoms with Crippen LogP contribution in [0, 0.1) is 5.82 Å². The third-order valence-corrected chi connectivity index (χ3v) is 5.60. The minimum Gasteiger partial charge on any atom is -0.375 e. The van der Waals surface area contributed by atoms with Crippen LogP contribution in [0.25, 0.3) is 16.2 Å². The number of benzene rings is 1. The highest BCUT2D eigenvalue weighted by Crippen LogP contribution is 2.28. The highest BCUT2D eigenvalue weighted by molar-refractivity contribution is 7.15. The van der Waals surface area contributed by atoms with E-state index in [1.165, 1.54) is 19.2 Å². The Balaban J connectivity index is 1.54. The van der Waals surface area contributed by atoms with Crippen molar-refractivity contribution >= 4 is 22.2 Å². The lowest BCUT2D eigenvalue weighted by molar-refractivity contribution is -0.136. The van der Waals surface area contributed by atoms with E-state index in [2.05, 4.69) is 9.30 Å². The van der Waals surface area contributed by atoms with Crippen molar-refractivity contribution in [3.05, 3.63) is 47.4 Å². The van der Waals surface area contributed by atoms with E-state index in [0.29, 0.717) is 13.1 Å². The number of carbonyl (C=O) groups is 1. The van der Waals surface area contributed by atoms with Gasteiger partial charge in [0.05, 0.1) is 11.4 Å². The first kappa shape index (κ1) is 18.1. The Bertz CT molecular complexity index is 929. The maximum Gasteiger partial charge on any atom is 0.248 e. The van der Waals surface area contributed by atoms with Crippen molar-refractivity contribution in [2.45, 2.75) is 6.54 Å². The molecule has 0 radical (unpaired) electrons. The van der Waals surface area contributed by atoms with E-state index in [4.69, 9.17) is 9.72 Å². The summed E-state index contributed by atoms with van der Waals surface area (Å²) in [6, 6.07) is 6.47. The standard InChI is InChI=1S/C19H21FN4O2S/c1-26-13-17(25)23-8-6-22(7-9-23)12-16-18(14-2-4-15(20)5-3-14)21-19-24(16)10-11-27-19/h2-5,10-11H,6-9,12-13H2,1H3. The fourth-order valence-corrected chi connectivity index (χ4v) is 4.14. The molecule has 1 aliphatic heterocycles. The zero-order valence-electron chi connectivity index (χ0n) is 15.1. The first-order valence-electron chi connectivity index (χ1n) is 8.85. The minimum absolute atomic E-state index is 0.0359. The number of hydrogen-bond acceptors (Lipinski definition) is 5. The number of halogens is 1. The lowest BCUT2D eigenvalue weighted by atomic mass is 10.1. The predicted molar refractivity (Wildman–Crippen MR) is 102 cm³/mol. The van der Waals surface area contributed by atoms with Gasteiger partial charge >= 0.3 is 0 Å². The van der Waals surface area contributed by atoms with Crippen LogP contribution < -0.4 is 0 Å². The summed E-state index contributed by atoms with van der Waals surface area (Å²) in [5.41, 5.74) is 2.89. The van der Waals surface area contributed by atoms with Gasteiger partial charge in [0.1, 0.15) is 12.4 Å². The molecule has 0 bridgehead atoms. The summed E-state index contributed by atoms with van der Waals surface area (Å²) in [6.07, 6.45) is 2.02. The van der Waals surface area contributed by atoms with E-state index in [0.717, 1.165) is 41.5 Å². The van der Waals surface area contributed by atoms with Crippen molar-refractivity contribution in [3.63, 3.8) is 0 Å². The van der Waals surface area contributed by atoms with Crippen molar-refractivity contribution in [1.29, 1.82) is 0 Å². The average molecular weight is 388 g/mol. The van der Waals surface area contributed by atoms with Crippen LogP contribution in [0.15, 0.2) is 35.8 Å². The number of thiazole rings is 1. The smallest absolute Gasteiger partial charge is 0.248 e. The number of rotatable bonds is 5. The van der Waals surface area contributed by atoms with Crippen molar-refractivity contribution in [2.24, 2.45) is 0 Å². The predicted octanol–water partition coefficient (Wildman–Crippen LogP) is 2.49. The number of carbonyl (C=O) groups excluding carboxylic acids is 1. The Hall–Kier alpha value is -2.29. The van der Waals surface area contributed by atoms with E-state index in [9.17, 15) is 9.18 Å². The van der Waals surface area contributed by atoms with Crippen LogP contribution in [0.3, 0.4) is 0 Å². The zero-order valence-corrected chi connectivity index (χ0v) is 15.9. The Morgan fingerprint density at radius 2 is 1.96 bits per heavy atom. The van der Waals surface area contributed by atoms with Crippen molar-refractivity contribution in [3.8, 4) is 11.3 Å². The van der Waals surface area contributed by atoms with Crippen LogP contribution >= 0.6 is 11.3 Å². The summed E-state index contributed by atoms with van der Waals surface area (Å²) in [7, 11) is 1.54. The number of ether oxygens (including phenoxy) is 1. The molecule has 1 amide bonds. The number of fused-ring (bicyclic) bond motifs is 1. The molecule has 3 aromatic rings. The Morgan fingerprint density at radius 3 is 2.67 bits per heavy atom. The molecular formula is C19H21FN4O2S. The molecule has 0 spiro atoms. The number of methoxy groups -OCH3 is 1. The number of imidazole rings is 1. The average Bonchev–Trinajstić information content (AvgIpc) is 3.26. The van der Waals surface area contributed by atoms with Crippen LogP contribution in [0.2, 0.25) is 0 Å². The third kappa shape index (κ3) is 3.73. The van der Waals surface area contributed by atoms with E-state index >= 15 is 0 Å². The van der Waals surface area contributed by atoms with Crippen molar-refractivity contribution in [2.75, 3.05) is 39.9 Å². The lowest BCUT2D eigenvalue weighted by Crippen LogP contribution is -2.49. The van der Waals surface area contributed by atoms with Crippen LogP contribution in [0.4, 0.5) is 4.39 Å². The molecule has 0 atom stereocenters. The highest BCUT2D eigenvalue weighted by atomic mass is 32.1. The molecule has 1 aromatic carbocycles. The molecule has 3 heterocycles. The van der Waals surface area contributed by atoms with Gasteiger partial charge in [0.15, 0.2) is 4.96 Å². The monoisotopic (exact) mass is 388 g/mol. The molecule has 6 nitrogen and oxygen atoms in total. The second-order valence-electron chi connectivity index (χ2n) is 6.56. The molecule has 2 aromatic heterocycles. The SMILES string of the molecule is COCC(=O)N1CCN(Cc2c(-c3ccc(F)cc3)nc3sccn23)CC1. The molecule has 8 heteroatoms. The second-order valence-corrected chi connectivity index (χ2v) is 7.43. The van der Waals surface area contributed by atoms with Gasteiger partial charge in [-0.2, -0.15) is 0 Å². The third-order valence-electron chi connectivity index (χ3n) is 4.84. The fraction of sp³-hybridized carbons (Fsp3) is 0.368. The molecule has 27 heavy (non-hydrogen) atoms. The number of nitrogens with zero attached hydrogens (tertiary/aromatic N) is 4. The highest BCUT2D eigenvalue weighted by Gasteiger charge is 2.23. The molecule has 1 saturated heterocycles. The summed E-state index contributed by atoms with van der Waals surface area (Å²) < 4.78 is 20.3. The zero-order chi connectivity index (χ0) is 18.8. The lowest BCUT2D eigenvalue weighted by Gasteiger charge is -2.34. The van der Waals surface area contributed by atoms with Gasteiger partial charge < -0.3 is 9.64 Å². The summed E-state index contributed by atoms with van der Waals surface area (Å²) in [5.74, 6) is -0.216. The summed E-state index contributed by atoms with van der Waals surface area (Å²) >= 11 is 1.58. The van der Waals surface area contributed by atoms with Gasteiger partial charge in [-0.05, 0) is 24.3 Å². The van der Waals surface area contributed by atoms with Crippen molar-refractivity contribution < 1.29 is 13.9 Å². The molecule has 142 valence electrons. The summed E-state index contributed by atoms with van der Waals surface area (Å²) in [5, 5.41) is 2.02. The van der Waals surface area contributed by atoms with E-state index in [1.807, 2.05) is 16.5 Å². The Morgan fingerprint density at radius 1 is 1.22 bits per heavy atom. The molecular weight excluding hydrogens is 367 g/mol. The fourth-order valence-electron chi connectivity index (χ4n) is 3.40. The summed E-state index contributed by atoms with van der Waals surface area (Å²) in [6.45, 7) is 3.86. The van der Waals surface area contributed by atoms with E-state index < -0.39 is 0 Å². The van der Waals surface area contributed by atoms with Gasteiger partial charge in [-0.25, -0.2) is 9.37 Å².